The lowest BCUT2D eigenvalue weighted by Gasteiger charge is -2.24. The van der Waals surface area contributed by atoms with Crippen LogP contribution in [0.15, 0.2) is 78.9 Å². The number of carbonyl (C=O) groups excluding carboxylic acids is 2. The van der Waals surface area contributed by atoms with E-state index in [1.54, 1.807) is 17.0 Å². The molecule has 0 saturated carbocycles. The maximum absolute atomic E-state index is 13.7. The van der Waals surface area contributed by atoms with Crippen LogP contribution >= 0.6 is 11.8 Å². The molecule has 1 fully saturated rings. The number of rotatable bonds is 6. The summed E-state index contributed by atoms with van der Waals surface area (Å²) in [5.41, 5.74) is 3.22. The minimum absolute atomic E-state index is 0.0619. The predicted octanol–water partition coefficient (Wildman–Crippen LogP) is 5.18. The van der Waals surface area contributed by atoms with E-state index >= 15 is 0 Å². The van der Waals surface area contributed by atoms with Crippen LogP contribution in [0.5, 0.6) is 0 Å². The summed E-state index contributed by atoms with van der Waals surface area (Å²) in [7, 11) is 0. The van der Waals surface area contributed by atoms with E-state index in [1.165, 1.54) is 23.9 Å². The Morgan fingerprint density at radius 2 is 1.83 bits per heavy atom. The average molecular weight is 421 g/mol. The van der Waals surface area contributed by atoms with E-state index in [0.717, 1.165) is 11.1 Å². The van der Waals surface area contributed by atoms with Crippen LogP contribution in [0.2, 0.25) is 0 Å². The summed E-state index contributed by atoms with van der Waals surface area (Å²) in [5, 5.41) is 2.68. The lowest BCUT2D eigenvalue weighted by Crippen LogP contribution is -2.27. The molecule has 3 aromatic carbocycles. The SMILES string of the molecule is O=C(CCc1ccccc1)Nc1cccc([C@@H]2SCC(=O)N2c2cccc(F)c2)c1. The molecular formula is C24H21FN2O2S. The number of halogens is 1. The monoisotopic (exact) mass is 420 g/mol. The third kappa shape index (κ3) is 4.71. The van der Waals surface area contributed by atoms with Gasteiger partial charge >= 0.3 is 0 Å². The molecular weight excluding hydrogens is 399 g/mol. The number of amides is 2. The maximum atomic E-state index is 13.7. The molecule has 4 nitrogen and oxygen atoms in total. The minimum Gasteiger partial charge on any atom is -0.326 e. The van der Waals surface area contributed by atoms with Gasteiger partial charge in [0.15, 0.2) is 0 Å². The molecule has 6 heteroatoms. The zero-order chi connectivity index (χ0) is 20.9. The first kappa shape index (κ1) is 20.2. The van der Waals surface area contributed by atoms with Crippen LogP contribution in [0.25, 0.3) is 0 Å². The molecule has 1 heterocycles. The smallest absolute Gasteiger partial charge is 0.238 e. The lowest BCUT2D eigenvalue weighted by atomic mass is 10.1. The Kier molecular flexibility index (Phi) is 6.14. The highest BCUT2D eigenvalue weighted by molar-refractivity contribution is 8.00. The third-order valence-electron chi connectivity index (χ3n) is 4.89. The maximum Gasteiger partial charge on any atom is 0.238 e. The number of aryl methyl sites for hydroxylation is 1. The minimum atomic E-state index is -0.379. The number of nitrogens with one attached hydrogen (secondary N) is 1. The Labute approximate surface area is 179 Å². The summed E-state index contributed by atoms with van der Waals surface area (Å²) in [6, 6.07) is 23.4. The van der Waals surface area contributed by atoms with Crippen LogP contribution in [0.3, 0.4) is 0 Å². The van der Waals surface area contributed by atoms with Crippen LogP contribution in [0.4, 0.5) is 15.8 Å². The molecule has 2 amide bonds. The van der Waals surface area contributed by atoms with Crippen LogP contribution in [0, 0.1) is 5.82 Å². The Morgan fingerprint density at radius 1 is 1.03 bits per heavy atom. The Morgan fingerprint density at radius 3 is 2.63 bits per heavy atom. The molecule has 0 unspecified atom stereocenters. The van der Waals surface area contributed by atoms with Gasteiger partial charge < -0.3 is 5.32 Å². The molecule has 3 aromatic rings. The molecule has 0 bridgehead atoms. The van der Waals surface area contributed by atoms with Crippen molar-refractivity contribution in [2.75, 3.05) is 16.0 Å². The summed E-state index contributed by atoms with van der Waals surface area (Å²) in [6.07, 6.45) is 1.06. The van der Waals surface area contributed by atoms with Crippen molar-refractivity contribution >= 4 is 35.0 Å². The fourth-order valence-corrected chi connectivity index (χ4v) is 4.64. The molecule has 0 aromatic heterocycles. The number of thioether (sulfide) groups is 1. The van der Waals surface area contributed by atoms with Gasteiger partial charge in [-0.2, -0.15) is 0 Å². The van der Waals surface area contributed by atoms with Crippen molar-refractivity contribution < 1.29 is 14.0 Å². The molecule has 1 atom stereocenters. The van der Waals surface area contributed by atoms with E-state index < -0.39 is 0 Å². The summed E-state index contributed by atoms with van der Waals surface area (Å²) < 4.78 is 13.7. The Bertz CT molecular complexity index is 1060. The van der Waals surface area contributed by atoms with Crippen LogP contribution in [-0.4, -0.2) is 17.6 Å². The summed E-state index contributed by atoms with van der Waals surface area (Å²) in [6.45, 7) is 0. The van der Waals surface area contributed by atoms with Gasteiger partial charge in [-0.05, 0) is 47.9 Å². The van der Waals surface area contributed by atoms with E-state index in [0.29, 0.717) is 30.0 Å². The van der Waals surface area contributed by atoms with Crippen LogP contribution in [-0.2, 0) is 16.0 Å². The Hall–Kier alpha value is -3.12. The van der Waals surface area contributed by atoms with Gasteiger partial charge in [0, 0.05) is 17.8 Å². The molecule has 0 spiro atoms. The zero-order valence-corrected chi connectivity index (χ0v) is 17.1. The van der Waals surface area contributed by atoms with E-state index in [9.17, 15) is 14.0 Å². The molecule has 0 radical (unpaired) electrons. The largest absolute Gasteiger partial charge is 0.326 e. The second-order valence-corrected chi connectivity index (χ2v) is 8.13. The molecule has 0 aliphatic carbocycles. The van der Waals surface area contributed by atoms with Gasteiger partial charge in [0.05, 0.1) is 5.75 Å². The van der Waals surface area contributed by atoms with Crippen molar-refractivity contribution in [3.8, 4) is 0 Å². The fraction of sp³-hybridized carbons (Fsp3) is 0.167. The molecule has 1 N–H and O–H groups in total. The third-order valence-corrected chi connectivity index (χ3v) is 6.11. The van der Waals surface area contributed by atoms with E-state index in [2.05, 4.69) is 5.32 Å². The first-order valence-electron chi connectivity index (χ1n) is 9.73. The summed E-state index contributed by atoms with van der Waals surface area (Å²) in [5.74, 6) is -0.175. The Balaban J connectivity index is 1.47. The van der Waals surface area contributed by atoms with Gasteiger partial charge in [-0.25, -0.2) is 4.39 Å². The lowest BCUT2D eigenvalue weighted by molar-refractivity contribution is -0.116. The average Bonchev–Trinajstić information content (AvgIpc) is 3.15. The quantitative estimate of drug-likeness (QED) is 0.598. The van der Waals surface area contributed by atoms with E-state index in [4.69, 9.17) is 0 Å². The second kappa shape index (κ2) is 9.13. The second-order valence-electron chi connectivity index (χ2n) is 7.07. The fourth-order valence-electron chi connectivity index (χ4n) is 3.47. The van der Waals surface area contributed by atoms with Crippen molar-refractivity contribution in [3.63, 3.8) is 0 Å². The van der Waals surface area contributed by atoms with E-state index in [1.807, 2.05) is 54.6 Å². The number of benzene rings is 3. The number of hydrogen-bond donors (Lipinski definition) is 1. The van der Waals surface area contributed by atoms with Gasteiger partial charge in [0.1, 0.15) is 11.2 Å². The molecule has 1 saturated heterocycles. The molecule has 1 aliphatic rings. The first-order valence-corrected chi connectivity index (χ1v) is 10.8. The molecule has 30 heavy (non-hydrogen) atoms. The highest BCUT2D eigenvalue weighted by Gasteiger charge is 2.34. The van der Waals surface area contributed by atoms with Crippen molar-refractivity contribution in [1.29, 1.82) is 0 Å². The summed E-state index contributed by atoms with van der Waals surface area (Å²) >= 11 is 1.49. The zero-order valence-electron chi connectivity index (χ0n) is 16.3. The number of nitrogens with zero attached hydrogens (tertiary/aromatic N) is 1. The topological polar surface area (TPSA) is 49.4 Å². The molecule has 152 valence electrons. The van der Waals surface area contributed by atoms with Crippen molar-refractivity contribution in [2.24, 2.45) is 0 Å². The van der Waals surface area contributed by atoms with Gasteiger partial charge in [-0.3, -0.25) is 14.5 Å². The van der Waals surface area contributed by atoms with Crippen molar-refractivity contribution in [3.05, 3.63) is 95.8 Å². The van der Waals surface area contributed by atoms with Crippen LogP contribution < -0.4 is 10.2 Å². The van der Waals surface area contributed by atoms with Crippen LogP contribution in [0.1, 0.15) is 22.9 Å². The number of hydrogen-bond acceptors (Lipinski definition) is 3. The summed E-state index contributed by atoms with van der Waals surface area (Å²) in [4.78, 5) is 26.5. The molecule has 1 aliphatic heterocycles. The van der Waals surface area contributed by atoms with Crippen molar-refractivity contribution in [1.82, 2.24) is 0 Å². The highest BCUT2D eigenvalue weighted by atomic mass is 32.2. The van der Waals surface area contributed by atoms with Gasteiger partial charge in [0.25, 0.3) is 0 Å². The molecule has 4 rings (SSSR count). The van der Waals surface area contributed by atoms with Gasteiger partial charge in [0.2, 0.25) is 11.8 Å². The number of anilines is 2. The van der Waals surface area contributed by atoms with Gasteiger partial charge in [-0.15, -0.1) is 11.8 Å². The van der Waals surface area contributed by atoms with E-state index in [-0.39, 0.29) is 23.0 Å². The highest BCUT2D eigenvalue weighted by Crippen LogP contribution is 2.42. The van der Waals surface area contributed by atoms with Crippen molar-refractivity contribution in [2.45, 2.75) is 18.2 Å². The normalized spacial score (nSPS) is 16.0. The standard InChI is InChI=1S/C24H21FN2O2S/c25-19-9-5-11-21(15-19)27-23(29)16-30-24(27)18-8-4-10-20(14-18)26-22(28)13-12-17-6-2-1-3-7-17/h1-11,14-15,24H,12-13,16H2,(H,26,28)/t24-/m0/s1. The first-order chi connectivity index (χ1) is 14.6. The van der Waals surface area contributed by atoms with Gasteiger partial charge in [-0.1, -0.05) is 48.5 Å². The predicted molar refractivity (Wildman–Crippen MR) is 119 cm³/mol. The number of carbonyl (C=O) groups is 2.